The van der Waals surface area contributed by atoms with Crippen molar-refractivity contribution >= 4 is 47.1 Å². The summed E-state index contributed by atoms with van der Waals surface area (Å²) in [6, 6.07) is 0. The summed E-state index contributed by atoms with van der Waals surface area (Å²) < 4.78 is -0.393. The van der Waals surface area contributed by atoms with E-state index >= 15 is 0 Å². The van der Waals surface area contributed by atoms with Gasteiger partial charge in [0.2, 0.25) is 0 Å². The summed E-state index contributed by atoms with van der Waals surface area (Å²) in [5.41, 5.74) is 10.4. The molecule has 7 heavy (non-hydrogen) atoms. The van der Waals surface area contributed by atoms with Crippen LogP contribution in [-0.2, 0) is 0 Å². The molecule has 0 spiro atoms. The zero-order valence-corrected chi connectivity index (χ0v) is 10.1. The van der Waals surface area contributed by atoms with Crippen LogP contribution in [0.5, 0.6) is 0 Å². The number of hydrogen-bond donors (Lipinski definition) is 2. The van der Waals surface area contributed by atoms with Crippen molar-refractivity contribution in [2.24, 2.45) is 11.5 Å². The Morgan fingerprint density at radius 2 is 1.57 bits per heavy atom. The van der Waals surface area contributed by atoms with Crippen molar-refractivity contribution in [2.45, 2.75) is 4.18 Å². The Hall–Kier alpha value is 1.97. The van der Waals surface area contributed by atoms with Crippen molar-refractivity contribution in [3.8, 4) is 0 Å². The first kappa shape index (κ1) is 8.97. The van der Waals surface area contributed by atoms with Gasteiger partial charge in [-0.15, -0.1) is 0 Å². The summed E-state index contributed by atoms with van der Waals surface area (Å²) in [5, 5.41) is 0. The number of hydrogen-bond acceptors (Lipinski definition) is 2. The van der Waals surface area contributed by atoms with Crippen LogP contribution < -0.4 is 11.5 Å². The second-order valence-corrected chi connectivity index (χ2v) is 40.1. The normalized spacial score (nSPS) is 12.9. The summed E-state index contributed by atoms with van der Waals surface area (Å²) in [6.07, 6.45) is 0. The fraction of sp³-hybridized carbons (Fsp3) is 1.00. The number of nitrogens with two attached hydrogens (primary N) is 2. The van der Waals surface area contributed by atoms with Crippen molar-refractivity contribution in [1.29, 1.82) is 0 Å². The second kappa shape index (κ2) is 3.22. The van der Waals surface area contributed by atoms with Crippen LogP contribution in [0.1, 0.15) is 0 Å². The minimum absolute atomic E-state index is 0.393. The Kier molecular flexibility index (Phi) is 4.12. The van der Waals surface area contributed by atoms with Gasteiger partial charge in [-0.25, -0.2) is 0 Å². The van der Waals surface area contributed by atoms with Gasteiger partial charge < -0.3 is 0 Å². The molecule has 0 atom stereocenters. The van der Waals surface area contributed by atoms with E-state index in [1.54, 1.807) is 0 Å². The van der Waals surface area contributed by atoms with E-state index in [0.29, 0.717) is 0 Å². The van der Waals surface area contributed by atoms with E-state index in [0.717, 1.165) is 0 Å². The molecule has 0 aliphatic carbocycles. The Morgan fingerprint density at radius 1 is 1.43 bits per heavy atom. The molecule has 0 aromatic carbocycles. The van der Waals surface area contributed by atoms with Gasteiger partial charge in [0.1, 0.15) is 0 Å². The van der Waals surface area contributed by atoms with Crippen molar-refractivity contribution < 1.29 is 0 Å². The van der Waals surface area contributed by atoms with Gasteiger partial charge in [-0.05, 0) is 0 Å². The zero-order chi connectivity index (χ0) is 6.08. The summed E-state index contributed by atoms with van der Waals surface area (Å²) in [5.74, 6) is 0. The van der Waals surface area contributed by atoms with Crippen LogP contribution in [0.2, 0.25) is 0 Å². The molecule has 0 aliphatic heterocycles. The van der Waals surface area contributed by atoms with Crippen LogP contribution in [0.4, 0.5) is 0 Å². The van der Waals surface area contributed by atoms with Gasteiger partial charge in [0.15, 0.2) is 0 Å². The summed E-state index contributed by atoms with van der Waals surface area (Å²) in [7, 11) is 5.66. The molecule has 6 heteroatoms. The van der Waals surface area contributed by atoms with E-state index in [4.69, 9.17) is 20.4 Å². The standard InChI is InChI=1S/CH5N2.2BrH.ClH.Sn/c2-1-3;;;;/h1H,2-3H2;3*1H;/q;;;;+3/p-3. The van der Waals surface area contributed by atoms with E-state index in [2.05, 4.69) is 25.4 Å². The molecule has 0 amide bonds. The topological polar surface area (TPSA) is 52.0 Å². The van der Waals surface area contributed by atoms with Gasteiger partial charge in [-0.1, -0.05) is 0 Å². The van der Waals surface area contributed by atoms with Crippen LogP contribution >= 0.6 is 34.3 Å². The number of rotatable bonds is 1. The van der Waals surface area contributed by atoms with Gasteiger partial charge in [0.05, 0.1) is 0 Å². The molecule has 0 radical (unpaired) electrons. The predicted octanol–water partition coefficient (Wildman–Crippen LogP) is 0.737. The Labute approximate surface area is 62.0 Å². The third-order valence-corrected chi connectivity index (χ3v) is 11.3. The molecule has 44 valence electrons. The Morgan fingerprint density at radius 3 is 1.57 bits per heavy atom. The third kappa shape index (κ3) is 4.47. The average Bonchev–Trinajstić information content (AvgIpc) is 1.31. The van der Waals surface area contributed by atoms with Crippen LogP contribution in [-0.4, -0.2) is 17.0 Å². The van der Waals surface area contributed by atoms with E-state index in [9.17, 15) is 0 Å². The summed E-state index contributed by atoms with van der Waals surface area (Å²) in [4.78, 5) is 0. The quantitative estimate of drug-likeness (QED) is 0.536. The van der Waals surface area contributed by atoms with E-state index in [1.807, 2.05) is 0 Å². The monoisotopic (exact) mass is 358 g/mol. The molecule has 0 aromatic rings. The zero-order valence-electron chi connectivity index (χ0n) is 3.37. The molecule has 2 nitrogen and oxygen atoms in total. The van der Waals surface area contributed by atoms with Crippen molar-refractivity contribution in [3.63, 3.8) is 0 Å². The fourth-order valence-electron chi connectivity index (χ4n) is 0. The molecular formula is CH5Br2ClN2Sn. The first-order valence-electron chi connectivity index (χ1n) is 1.52. The fourth-order valence-corrected chi connectivity index (χ4v) is 0. The van der Waals surface area contributed by atoms with Crippen LogP contribution in [0.3, 0.4) is 0 Å². The van der Waals surface area contributed by atoms with Crippen LogP contribution in [0.25, 0.3) is 0 Å². The van der Waals surface area contributed by atoms with Crippen LogP contribution in [0.15, 0.2) is 0 Å². The van der Waals surface area contributed by atoms with Gasteiger partial charge in [0.25, 0.3) is 0 Å². The first-order valence-corrected chi connectivity index (χ1v) is 19.6. The van der Waals surface area contributed by atoms with Gasteiger partial charge >= 0.3 is 62.8 Å². The van der Waals surface area contributed by atoms with Crippen molar-refractivity contribution in [3.05, 3.63) is 0 Å². The molecule has 0 aliphatic rings. The molecule has 0 aromatic heterocycles. The SMILES string of the molecule is N[CH](N)[Sn]([Cl])([Br])[Br]. The molecule has 0 rings (SSSR count). The molecule has 0 fully saturated rings. The van der Waals surface area contributed by atoms with Crippen LogP contribution in [0, 0.1) is 0 Å². The van der Waals surface area contributed by atoms with Crippen molar-refractivity contribution in [1.82, 2.24) is 0 Å². The van der Waals surface area contributed by atoms with Gasteiger partial charge in [-0.2, -0.15) is 0 Å². The Balaban J connectivity index is 3.54. The van der Waals surface area contributed by atoms with E-state index in [1.165, 1.54) is 0 Å². The second-order valence-electron chi connectivity index (χ2n) is 1.07. The van der Waals surface area contributed by atoms with E-state index in [-0.39, 0.29) is 0 Å². The molecule has 0 saturated heterocycles. The molecule has 0 unspecified atom stereocenters. The molecule has 0 bridgehead atoms. The predicted molar refractivity (Wildman–Crippen MR) is 41.6 cm³/mol. The average molecular weight is 359 g/mol. The molecule has 4 N–H and O–H groups in total. The third-order valence-electron chi connectivity index (χ3n) is 0.378. The Bertz CT molecular complexity index is 61.2. The van der Waals surface area contributed by atoms with Crippen molar-refractivity contribution in [2.75, 3.05) is 0 Å². The molecular weight excluding hydrogens is 354 g/mol. The maximum absolute atomic E-state index is 5.66. The minimum atomic E-state index is -2.71. The molecule has 0 heterocycles. The van der Waals surface area contributed by atoms with Gasteiger partial charge in [0, 0.05) is 0 Å². The number of halogens is 3. The first-order chi connectivity index (χ1) is 2.94. The summed E-state index contributed by atoms with van der Waals surface area (Å²) in [6.45, 7) is 0. The molecule has 0 saturated carbocycles. The van der Waals surface area contributed by atoms with Gasteiger partial charge in [-0.3, -0.25) is 0 Å². The summed E-state index contributed by atoms with van der Waals surface area (Å²) >= 11 is 3.66. The maximum atomic E-state index is 5.66. The van der Waals surface area contributed by atoms with E-state index < -0.39 is 17.0 Å².